The molecule has 2 amide bonds. The van der Waals surface area contributed by atoms with E-state index in [9.17, 15) is 19.2 Å². The lowest BCUT2D eigenvalue weighted by Crippen LogP contribution is -2.48. The number of aryl methyl sites for hydroxylation is 1. The highest BCUT2D eigenvalue weighted by Crippen LogP contribution is 2.35. The number of Topliss-reactive ketones (excluding diaryl/α,β-unsaturated/α-hetero) is 1. The summed E-state index contributed by atoms with van der Waals surface area (Å²) in [6.07, 6.45) is -0.411. The molecule has 1 N–H and O–H groups in total. The van der Waals surface area contributed by atoms with Crippen molar-refractivity contribution in [2.75, 3.05) is 0 Å². The largest absolute Gasteiger partial charge is 0.429 e. The second kappa shape index (κ2) is 14.8. The predicted octanol–water partition coefficient (Wildman–Crippen LogP) is 5.58. The van der Waals surface area contributed by atoms with Crippen molar-refractivity contribution in [3.05, 3.63) is 84.4 Å². The topological polar surface area (TPSA) is 215 Å². The molecule has 0 aliphatic carbocycles. The van der Waals surface area contributed by atoms with Crippen LogP contribution in [-0.2, 0) is 29.8 Å². The van der Waals surface area contributed by atoms with Gasteiger partial charge in [0.25, 0.3) is 12.4 Å². The van der Waals surface area contributed by atoms with E-state index < -0.39 is 40.7 Å². The molecule has 0 radical (unpaired) electrons. The summed E-state index contributed by atoms with van der Waals surface area (Å²) in [5.41, 5.74) is 3.74. The van der Waals surface area contributed by atoms with Crippen LogP contribution in [0, 0.1) is 6.92 Å². The zero-order valence-corrected chi connectivity index (χ0v) is 24.0. The molecule has 0 saturated carbocycles. The van der Waals surface area contributed by atoms with Gasteiger partial charge in [0, 0.05) is 10.8 Å². The van der Waals surface area contributed by atoms with Gasteiger partial charge < -0.3 is 4.74 Å². The van der Waals surface area contributed by atoms with Crippen LogP contribution in [0.1, 0.15) is 12.0 Å². The number of hydrogen-bond donors (Lipinski definition) is 1. The first-order valence-electron chi connectivity index (χ1n) is 12.8. The van der Waals surface area contributed by atoms with E-state index in [4.69, 9.17) is 17.4 Å². The summed E-state index contributed by atoms with van der Waals surface area (Å²) in [6.45, 7) is 2.25. The van der Waals surface area contributed by atoms with Gasteiger partial charge in [0.2, 0.25) is 11.9 Å². The van der Waals surface area contributed by atoms with E-state index in [2.05, 4.69) is 36.0 Å². The van der Waals surface area contributed by atoms with Gasteiger partial charge in [0.1, 0.15) is 5.75 Å². The maximum absolute atomic E-state index is 12.1. The number of imide groups is 1. The molecular formula is C29H21N7O8S. The van der Waals surface area contributed by atoms with E-state index >= 15 is 0 Å². The highest BCUT2D eigenvalue weighted by Gasteiger charge is 2.34. The Morgan fingerprint density at radius 1 is 0.756 bits per heavy atom. The van der Waals surface area contributed by atoms with Gasteiger partial charge in [-0.05, 0) is 67.1 Å². The lowest BCUT2D eigenvalue weighted by molar-refractivity contribution is -0.140. The van der Waals surface area contributed by atoms with Crippen LogP contribution in [0.5, 0.6) is 5.75 Å². The number of rotatable bonds is 8. The molecule has 1 aliphatic heterocycles. The Balaban J connectivity index is 0.00000109. The van der Waals surface area contributed by atoms with Gasteiger partial charge in [-0.3, -0.25) is 24.5 Å². The summed E-state index contributed by atoms with van der Waals surface area (Å²) < 4.78 is 30.1. The van der Waals surface area contributed by atoms with E-state index in [0.717, 1.165) is 10.9 Å². The van der Waals surface area contributed by atoms with Crippen molar-refractivity contribution < 1.29 is 36.5 Å². The molecule has 5 rings (SSSR count). The van der Waals surface area contributed by atoms with Crippen molar-refractivity contribution in [2.45, 2.75) is 19.4 Å². The SMILES string of the molecule is Cc1cc(N=Nc2ccc(N=NC3C(=O)CC(=O)NC3=O)c3ccccc23)ccc1N=Nc1ccc(OC=O)cc1.O=S(=O)=O. The molecule has 4 aromatic carbocycles. The molecule has 4 aromatic rings. The third-order valence-corrected chi connectivity index (χ3v) is 6.06. The number of benzene rings is 4. The standard InChI is InChI=1S/C29H21N7O5.O3S/c1-17-14-19(8-11-23(17)33-31-18-6-9-20(10-7-18)41-16-37)32-34-24-12-13-25(22-5-3-2-4-21(22)24)35-36-28-26(38)15-27(39)30-29(28)40;1-4(2)3/h2-14,16,28H,15H2,1H3,(H,30,39,40);. The monoisotopic (exact) mass is 627 g/mol. The second-order valence-corrected chi connectivity index (χ2v) is 9.51. The Kier molecular flexibility index (Phi) is 10.5. The molecule has 1 heterocycles. The highest BCUT2D eigenvalue weighted by molar-refractivity contribution is 7.59. The summed E-state index contributed by atoms with van der Waals surface area (Å²) in [7, 11) is -3.11. The molecule has 0 bridgehead atoms. The van der Waals surface area contributed by atoms with E-state index in [0.29, 0.717) is 46.0 Å². The molecular weight excluding hydrogens is 606 g/mol. The number of azo groups is 3. The van der Waals surface area contributed by atoms with E-state index in [1.807, 2.05) is 37.3 Å². The van der Waals surface area contributed by atoms with Gasteiger partial charge in [0.15, 0.2) is 5.78 Å². The Bertz CT molecular complexity index is 1970. The van der Waals surface area contributed by atoms with Gasteiger partial charge in [0.05, 0.1) is 34.9 Å². The Hall–Kier alpha value is -6.16. The lowest BCUT2D eigenvalue weighted by atomic mass is 10.1. The molecule has 0 aromatic heterocycles. The minimum Gasteiger partial charge on any atom is -0.429 e. The maximum Gasteiger partial charge on any atom is 0.425 e. The van der Waals surface area contributed by atoms with Crippen LogP contribution in [0.25, 0.3) is 10.8 Å². The maximum atomic E-state index is 12.1. The minimum atomic E-state index is -3.11. The molecule has 1 saturated heterocycles. The smallest absolute Gasteiger partial charge is 0.425 e. The molecule has 15 nitrogen and oxygen atoms in total. The number of carbonyl (C=O) groups excluding carboxylic acids is 4. The molecule has 226 valence electrons. The molecule has 1 aliphatic rings. The van der Waals surface area contributed by atoms with Crippen LogP contribution >= 0.6 is 0 Å². The first-order chi connectivity index (χ1) is 21.6. The fraction of sp³-hybridized carbons (Fsp3) is 0.103. The zero-order chi connectivity index (χ0) is 32.3. The average molecular weight is 628 g/mol. The van der Waals surface area contributed by atoms with Gasteiger partial charge in [-0.2, -0.15) is 25.6 Å². The molecule has 1 unspecified atom stereocenters. The summed E-state index contributed by atoms with van der Waals surface area (Å²) in [4.78, 5) is 45.8. The number of ether oxygens (including phenoxy) is 1. The number of hydrogen-bond acceptors (Lipinski definition) is 14. The highest BCUT2D eigenvalue weighted by atomic mass is 32.2. The van der Waals surface area contributed by atoms with Crippen LogP contribution < -0.4 is 10.1 Å². The Labute approximate surface area is 255 Å². The number of fused-ring (bicyclic) bond motifs is 1. The summed E-state index contributed by atoms with van der Waals surface area (Å²) in [6, 6.07) is 21.4. The number of amides is 2. The number of nitrogens with zero attached hydrogens (tertiary/aromatic N) is 6. The van der Waals surface area contributed by atoms with Crippen LogP contribution in [0.2, 0.25) is 0 Å². The summed E-state index contributed by atoms with van der Waals surface area (Å²) >= 11 is 0. The van der Waals surface area contributed by atoms with E-state index in [-0.39, 0.29) is 0 Å². The van der Waals surface area contributed by atoms with Crippen LogP contribution in [0.15, 0.2) is 110 Å². The number of ketones is 1. The Morgan fingerprint density at radius 3 is 1.91 bits per heavy atom. The third-order valence-electron chi connectivity index (χ3n) is 6.06. The molecule has 1 atom stereocenters. The third kappa shape index (κ3) is 8.68. The van der Waals surface area contributed by atoms with E-state index in [1.54, 1.807) is 48.5 Å². The molecule has 45 heavy (non-hydrogen) atoms. The fourth-order valence-corrected chi connectivity index (χ4v) is 4.01. The first kappa shape index (κ1) is 31.8. The fourth-order valence-electron chi connectivity index (χ4n) is 4.01. The van der Waals surface area contributed by atoms with Crippen LogP contribution in [0.4, 0.5) is 28.4 Å². The number of nitrogens with one attached hydrogen (secondary N) is 1. The van der Waals surface area contributed by atoms with Crippen molar-refractivity contribution in [1.29, 1.82) is 0 Å². The molecule has 0 spiro atoms. The quantitative estimate of drug-likeness (QED) is 0.112. The predicted molar refractivity (Wildman–Crippen MR) is 157 cm³/mol. The van der Waals surface area contributed by atoms with Gasteiger partial charge in [-0.25, -0.2) is 0 Å². The molecule has 16 heteroatoms. The lowest BCUT2D eigenvalue weighted by Gasteiger charge is -2.15. The number of piperidine rings is 1. The zero-order valence-electron chi connectivity index (χ0n) is 23.2. The van der Waals surface area contributed by atoms with Gasteiger partial charge in [-0.15, -0.1) is 17.7 Å². The average Bonchev–Trinajstić information content (AvgIpc) is 3.00. The summed E-state index contributed by atoms with van der Waals surface area (Å²) in [5.74, 6) is -1.61. The first-order valence-corrected chi connectivity index (χ1v) is 13.8. The normalized spacial score (nSPS) is 14.9. The van der Waals surface area contributed by atoms with Crippen molar-refractivity contribution in [2.24, 2.45) is 30.7 Å². The van der Waals surface area contributed by atoms with Gasteiger partial charge >= 0.3 is 10.6 Å². The van der Waals surface area contributed by atoms with Crippen molar-refractivity contribution in [3.8, 4) is 5.75 Å². The minimum absolute atomic E-state index is 0.360. The summed E-state index contributed by atoms with van der Waals surface area (Å²) in [5, 5.41) is 28.9. The van der Waals surface area contributed by atoms with Gasteiger partial charge in [-0.1, -0.05) is 24.3 Å². The van der Waals surface area contributed by atoms with Crippen molar-refractivity contribution in [1.82, 2.24) is 5.32 Å². The molecule has 1 fully saturated rings. The number of carbonyl (C=O) groups is 4. The second-order valence-electron chi connectivity index (χ2n) is 9.11. The Morgan fingerprint density at radius 2 is 1.31 bits per heavy atom. The van der Waals surface area contributed by atoms with E-state index in [1.165, 1.54) is 0 Å². The van der Waals surface area contributed by atoms with Crippen LogP contribution in [-0.4, -0.2) is 42.7 Å². The van der Waals surface area contributed by atoms with Crippen molar-refractivity contribution in [3.63, 3.8) is 0 Å². The van der Waals surface area contributed by atoms with Crippen LogP contribution in [0.3, 0.4) is 0 Å². The van der Waals surface area contributed by atoms with Crippen molar-refractivity contribution >= 4 is 73.9 Å².